The summed E-state index contributed by atoms with van der Waals surface area (Å²) in [4.78, 5) is 2.39. The van der Waals surface area contributed by atoms with Crippen molar-refractivity contribution in [3.63, 3.8) is 0 Å². The number of hydrogen-bond acceptors (Lipinski definition) is 5. The summed E-state index contributed by atoms with van der Waals surface area (Å²) in [6.07, 6.45) is 0. The van der Waals surface area contributed by atoms with Gasteiger partial charge in [0.2, 0.25) is 0 Å². The predicted octanol–water partition coefficient (Wildman–Crippen LogP) is 2.48. The van der Waals surface area contributed by atoms with Crippen molar-refractivity contribution in [1.82, 2.24) is 10.2 Å². The van der Waals surface area contributed by atoms with E-state index in [-0.39, 0.29) is 5.75 Å². The number of nitrogens with one attached hydrogen (secondary N) is 1. The third-order valence-electron chi connectivity index (χ3n) is 4.38. The summed E-state index contributed by atoms with van der Waals surface area (Å²) in [6.45, 7) is 4.84. The fraction of sp³-hybridized carbons (Fsp3) is 0.368. The molecule has 128 valence electrons. The van der Waals surface area contributed by atoms with Crippen LogP contribution in [0.2, 0.25) is 0 Å². The highest BCUT2D eigenvalue weighted by molar-refractivity contribution is 5.70. The average Bonchev–Trinajstić information content (AvgIpc) is 2.62. The van der Waals surface area contributed by atoms with Gasteiger partial charge in [0.15, 0.2) is 0 Å². The van der Waals surface area contributed by atoms with Crippen LogP contribution in [0, 0.1) is 0 Å². The van der Waals surface area contributed by atoms with Crippen molar-refractivity contribution in [2.45, 2.75) is 6.54 Å². The Morgan fingerprint density at radius 2 is 1.67 bits per heavy atom. The number of benzene rings is 2. The number of rotatable bonds is 5. The maximum Gasteiger partial charge on any atom is 0.127 e. The Labute approximate surface area is 142 Å². The molecule has 1 fully saturated rings. The number of ether oxygens (including phenoxy) is 2. The van der Waals surface area contributed by atoms with Gasteiger partial charge in [0.05, 0.1) is 19.8 Å². The summed E-state index contributed by atoms with van der Waals surface area (Å²) in [5, 5.41) is 13.1. The van der Waals surface area contributed by atoms with E-state index in [0.29, 0.717) is 0 Å². The Morgan fingerprint density at radius 3 is 2.25 bits per heavy atom. The van der Waals surface area contributed by atoms with E-state index in [4.69, 9.17) is 9.47 Å². The Bertz CT molecular complexity index is 672. The largest absolute Gasteiger partial charge is 0.508 e. The van der Waals surface area contributed by atoms with Gasteiger partial charge in [-0.15, -0.1) is 0 Å². The van der Waals surface area contributed by atoms with Gasteiger partial charge in [-0.05, 0) is 35.4 Å². The van der Waals surface area contributed by atoms with Gasteiger partial charge in [0, 0.05) is 32.7 Å². The lowest BCUT2D eigenvalue weighted by atomic mass is 10.0. The summed E-state index contributed by atoms with van der Waals surface area (Å²) < 4.78 is 11.3. The lowest BCUT2D eigenvalue weighted by Gasteiger charge is -2.28. The third-order valence-corrected chi connectivity index (χ3v) is 4.38. The first-order valence-corrected chi connectivity index (χ1v) is 8.18. The Kier molecular flexibility index (Phi) is 5.23. The Balaban J connectivity index is 1.96. The van der Waals surface area contributed by atoms with Crippen molar-refractivity contribution in [2.75, 3.05) is 40.4 Å². The molecule has 2 N–H and O–H groups in total. The minimum Gasteiger partial charge on any atom is -0.508 e. The zero-order valence-corrected chi connectivity index (χ0v) is 14.2. The SMILES string of the molecule is COc1cc(-c2cccc(O)c2)cc(OC)c1CN1CCNCC1. The molecule has 0 radical (unpaired) electrons. The smallest absolute Gasteiger partial charge is 0.127 e. The van der Waals surface area contributed by atoms with Gasteiger partial charge in [0.1, 0.15) is 17.2 Å². The molecule has 5 heteroatoms. The minimum atomic E-state index is 0.246. The van der Waals surface area contributed by atoms with E-state index >= 15 is 0 Å². The zero-order chi connectivity index (χ0) is 16.9. The third kappa shape index (κ3) is 3.63. The molecule has 1 saturated heterocycles. The van der Waals surface area contributed by atoms with Crippen LogP contribution in [0.1, 0.15) is 5.56 Å². The highest BCUT2D eigenvalue weighted by atomic mass is 16.5. The summed E-state index contributed by atoms with van der Waals surface area (Å²) in [5.41, 5.74) is 2.95. The summed E-state index contributed by atoms with van der Waals surface area (Å²) in [6, 6.07) is 11.2. The van der Waals surface area contributed by atoms with Gasteiger partial charge >= 0.3 is 0 Å². The second-order valence-electron chi connectivity index (χ2n) is 5.94. The van der Waals surface area contributed by atoms with Crippen LogP contribution in [0.5, 0.6) is 17.2 Å². The number of phenolic OH excluding ortho intramolecular Hbond substituents is 1. The molecule has 2 aromatic carbocycles. The van der Waals surface area contributed by atoms with Crippen LogP contribution in [-0.2, 0) is 6.54 Å². The lowest BCUT2D eigenvalue weighted by Crippen LogP contribution is -2.43. The monoisotopic (exact) mass is 328 g/mol. The van der Waals surface area contributed by atoms with Gasteiger partial charge < -0.3 is 19.9 Å². The van der Waals surface area contributed by atoms with Crippen molar-refractivity contribution >= 4 is 0 Å². The maximum absolute atomic E-state index is 9.72. The molecular formula is C19H24N2O3. The molecule has 0 bridgehead atoms. The van der Waals surface area contributed by atoms with Crippen LogP contribution in [0.3, 0.4) is 0 Å². The Hall–Kier alpha value is -2.24. The first-order chi connectivity index (χ1) is 11.7. The maximum atomic E-state index is 9.72. The summed E-state index contributed by atoms with van der Waals surface area (Å²) >= 11 is 0. The quantitative estimate of drug-likeness (QED) is 0.883. The normalized spacial score (nSPS) is 15.2. The summed E-state index contributed by atoms with van der Waals surface area (Å²) in [5.74, 6) is 1.87. The number of nitrogens with zero attached hydrogens (tertiary/aromatic N) is 1. The Morgan fingerprint density at radius 1 is 1.00 bits per heavy atom. The first kappa shape index (κ1) is 16.6. The van der Waals surface area contributed by atoms with Crippen molar-refractivity contribution < 1.29 is 14.6 Å². The van der Waals surface area contributed by atoms with E-state index in [1.807, 2.05) is 24.3 Å². The van der Waals surface area contributed by atoms with Gasteiger partial charge in [-0.1, -0.05) is 12.1 Å². The van der Waals surface area contributed by atoms with E-state index in [1.165, 1.54) is 0 Å². The van der Waals surface area contributed by atoms with E-state index < -0.39 is 0 Å². The molecule has 24 heavy (non-hydrogen) atoms. The predicted molar refractivity (Wildman–Crippen MR) is 94.8 cm³/mol. The number of hydrogen-bond donors (Lipinski definition) is 2. The standard InChI is InChI=1S/C19H24N2O3/c1-23-18-11-15(14-4-3-5-16(22)10-14)12-19(24-2)17(18)13-21-8-6-20-7-9-21/h3-5,10-12,20,22H,6-9,13H2,1-2H3. The van der Waals surface area contributed by atoms with Crippen LogP contribution >= 0.6 is 0 Å². The van der Waals surface area contributed by atoms with Gasteiger partial charge in [-0.25, -0.2) is 0 Å². The van der Waals surface area contributed by atoms with E-state index in [2.05, 4.69) is 10.2 Å². The number of phenols is 1. The fourth-order valence-electron chi connectivity index (χ4n) is 3.08. The molecule has 2 aromatic rings. The van der Waals surface area contributed by atoms with Gasteiger partial charge in [0.25, 0.3) is 0 Å². The first-order valence-electron chi connectivity index (χ1n) is 8.18. The molecule has 0 atom stereocenters. The molecule has 0 aliphatic carbocycles. The number of piperazine rings is 1. The summed E-state index contributed by atoms with van der Waals surface area (Å²) in [7, 11) is 3.37. The average molecular weight is 328 g/mol. The molecule has 0 aromatic heterocycles. The molecule has 0 spiro atoms. The van der Waals surface area contributed by atoms with Gasteiger partial charge in [-0.3, -0.25) is 4.90 Å². The van der Waals surface area contributed by atoms with E-state index in [9.17, 15) is 5.11 Å². The molecule has 1 aliphatic rings. The van der Waals surface area contributed by atoms with Gasteiger partial charge in [-0.2, -0.15) is 0 Å². The number of methoxy groups -OCH3 is 2. The van der Waals surface area contributed by atoms with Crippen molar-refractivity contribution in [3.05, 3.63) is 42.0 Å². The van der Waals surface area contributed by atoms with Crippen molar-refractivity contribution in [3.8, 4) is 28.4 Å². The van der Waals surface area contributed by atoms with E-state index in [0.717, 1.165) is 60.9 Å². The number of aromatic hydroxyl groups is 1. The lowest BCUT2D eigenvalue weighted by molar-refractivity contribution is 0.226. The molecule has 0 unspecified atom stereocenters. The van der Waals surface area contributed by atoms with Crippen LogP contribution < -0.4 is 14.8 Å². The molecule has 1 heterocycles. The van der Waals surface area contributed by atoms with Crippen LogP contribution in [-0.4, -0.2) is 50.4 Å². The molecule has 0 amide bonds. The highest BCUT2D eigenvalue weighted by Gasteiger charge is 2.18. The van der Waals surface area contributed by atoms with E-state index in [1.54, 1.807) is 26.4 Å². The minimum absolute atomic E-state index is 0.246. The van der Waals surface area contributed by atoms with Crippen LogP contribution in [0.25, 0.3) is 11.1 Å². The van der Waals surface area contributed by atoms with Crippen LogP contribution in [0.4, 0.5) is 0 Å². The second kappa shape index (κ2) is 7.55. The topological polar surface area (TPSA) is 54.0 Å². The molecule has 5 nitrogen and oxygen atoms in total. The second-order valence-corrected chi connectivity index (χ2v) is 5.94. The van der Waals surface area contributed by atoms with Crippen molar-refractivity contribution in [2.24, 2.45) is 0 Å². The van der Waals surface area contributed by atoms with Crippen molar-refractivity contribution in [1.29, 1.82) is 0 Å². The molecule has 1 aliphatic heterocycles. The highest BCUT2D eigenvalue weighted by Crippen LogP contribution is 2.36. The zero-order valence-electron chi connectivity index (χ0n) is 14.2. The molecule has 0 saturated carbocycles. The molecular weight excluding hydrogens is 304 g/mol. The fourth-order valence-corrected chi connectivity index (χ4v) is 3.08. The molecule has 3 rings (SSSR count). The van der Waals surface area contributed by atoms with Crippen LogP contribution in [0.15, 0.2) is 36.4 Å².